The zero-order valence-electron chi connectivity index (χ0n) is 15.4. The molecule has 2 aliphatic heterocycles. The Morgan fingerprint density at radius 3 is 2.23 bits per heavy atom. The molecule has 2 atom stereocenters. The molecule has 1 N–H and O–H groups in total. The van der Waals surface area contributed by atoms with E-state index in [9.17, 15) is 19.5 Å². The maximum Gasteiger partial charge on any atom is 0.313 e. The van der Waals surface area contributed by atoms with Crippen molar-refractivity contribution in [3.8, 4) is 0 Å². The lowest BCUT2D eigenvalue weighted by Crippen LogP contribution is -2.43. The van der Waals surface area contributed by atoms with E-state index in [1.165, 1.54) is 0 Å². The topological polar surface area (TPSA) is 95.7 Å². The van der Waals surface area contributed by atoms with Crippen molar-refractivity contribution in [2.24, 2.45) is 24.3 Å². The second-order valence-electron chi connectivity index (χ2n) is 8.01. The molecular formula is C18H24N4O4. The van der Waals surface area contributed by atoms with Crippen LogP contribution >= 0.6 is 0 Å². The average Bonchev–Trinajstić information content (AvgIpc) is 3.18. The molecule has 26 heavy (non-hydrogen) atoms. The number of carbonyl (C=O) groups excluding carboxylic acids is 2. The standard InChI is InChI=1S/C18H24N4O4/c1-10-14(11(2)20(3)19-10)16(24)22-7-13-6-21(15(23)12-4-5-12)8-18(13,9-22)17(25)26/h12-13H,4-9H2,1-3H3,(H,25,26)/t13-,18-/m1/s1. The summed E-state index contributed by atoms with van der Waals surface area (Å²) in [6.45, 7) is 4.78. The first-order valence-corrected chi connectivity index (χ1v) is 9.06. The SMILES string of the molecule is Cc1nn(C)c(C)c1C(=O)N1C[C@H]2CN(C(=O)C3CC3)C[C@@]2(C(=O)O)C1. The predicted molar refractivity (Wildman–Crippen MR) is 91.4 cm³/mol. The summed E-state index contributed by atoms with van der Waals surface area (Å²) in [4.78, 5) is 40.9. The lowest BCUT2D eigenvalue weighted by molar-refractivity contribution is -0.149. The number of carboxylic acid groups (broad SMARTS) is 1. The Balaban J connectivity index is 1.57. The number of carboxylic acids is 1. The fourth-order valence-electron chi connectivity index (χ4n) is 4.52. The monoisotopic (exact) mass is 360 g/mol. The number of rotatable bonds is 3. The van der Waals surface area contributed by atoms with Crippen LogP contribution in [0.2, 0.25) is 0 Å². The molecule has 8 heteroatoms. The number of fused-ring (bicyclic) bond motifs is 1. The summed E-state index contributed by atoms with van der Waals surface area (Å²) in [5.74, 6) is -1.13. The average molecular weight is 360 g/mol. The number of carbonyl (C=O) groups is 3. The number of aryl methyl sites for hydroxylation is 2. The summed E-state index contributed by atoms with van der Waals surface area (Å²) < 4.78 is 1.67. The molecule has 0 unspecified atom stereocenters. The van der Waals surface area contributed by atoms with Gasteiger partial charge in [-0.15, -0.1) is 0 Å². The fraction of sp³-hybridized carbons (Fsp3) is 0.667. The minimum atomic E-state index is -1.05. The van der Waals surface area contributed by atoms with Crippen molar-refractivity contribution in [1.82, 2.24) is 19.6 Å². The number of hydrogen-bond acceptors (Lipinski definition) is 4. The van der Waals surface area contributed by atoms with E-state index in [1.54, 1.807) is 28.5 Å². The van der Waals surface area contributed by atoms with Gasteiger partial charge in [0.25, 0.3) is 5.91 Å². The molecule has 3 heterocycles. The van der Waals surface area contributed by atoms with Crippen LogP contribution in [0.3, 0.4) is 0 Å². The van der Waals surface area contributed by atoms with E-state index in [0.29, 0.717) is 24.3 Å². The van der Waals surface area contributed by atoms with Crippen LogP contribution in [0.15, 0.2) is 0 Å². The van der Waals surface area contributed by atoms with E-state index in [4.69, 9.17) is 0 Å². The number of aromatic nitrogens is 2. The summed E-state index contributed by atoms with van der Waals surface area (Å²) in [6.07, 6.45) is 1.81. The molecule has 0 spiro atoms. The van der Waals surface area contributed by atoms with E-state index >= 15 is 0 Å². The smallest absolute Gasteiger partial charge is 0.313 e. The molecule has 0 radical (unpaired) electrons. The molecule has 1 aromatic heterocycles. The molecule has 0 aromatic carbocycles. The molecule has 2 saturated heterocycles. The molecule has 1 aromatic rings. The van der Waals surface area contributed by atoms with Gasteiger partial charge in [-0.3, -0.25) is 19.1 Å². The Morgan fingerprint density at radius 1 is 1.12 bits per heavy atom. The number of nitrogens with zero attached hydrogens (tertiary/aromatic N) is 4. The van der Waals surface area contributed by atoms with Gasteiger partial charge in [0.1, 0.15) is 5.41 Å². The third kappa shape index (κ3) is 2.34. The van der Waals surface area contributed by atoms with Crippen molar-refractivity contribution in [3.05, 3.63) is 17.0 Å². The number of hydrogen-bond donors (Lipinski definition) is 1. The highest BCUT2D eigenvalue weighted by Crippen LogP contribution is 2.45. The van der Waals surface area contributed by atoms with Crippen molar-refractivity contribution in [2.75, 3.05) is 26.2 Å². The molecule has 3 aliphatic rings. The van der Waals surface area contributed by atoms with Gasteiger partial charge in [0, 0.05) is 50.8 Å². The normalized spacial score (nSPS) is 27.7. The molecule has 8 nitrogen and oxygen atoms in total. The van der Waals surface area contributed by atoms with Gasteiger partial charge >= 0.3 is 5.97 Å². The molecule has 4 rings (SSSR count). The molecule has 3 fully saturated rings. The first-order chi connectivity index (χ1) is 12.2. The van der Waals surface area contributed by atoms with Gasteiger partial charge in [0.05, 0.1) is 11.3 Å². The Labute approximate surface area is 151 Å². The lowest BCUT2D eigenvalue weighted by atomic mass is 9.81. The van der Waals surface area contributed by atoms with Crippen LogP contribution in [0.4, 0.5) is 0 Å². The summed E-state index contributed by atoms with van der Waals surface area (Å²) in [6, 6.07) is 0. The Morgan fingerprint density at radius 2 is 1.73 bits per heavy atom. The van der Waals surface area contributed by atoms with Crippen LogP contribution in [0, 0.1) is 31.1 Å². The summed E-state index contributed by atoms with van der Waals surface area (Å²) >= 11 is 0. The van der Waals surface area contributed by atoms with Crippen molar-refractivity contribution in [2.45, 2.75) is 26.7 Å². The van der Waals surface area contributed by atoms with E-state index in [2.05, 4.69) is 5.10 Å². The van der Waals surface area contributed by atoms with Gasteiger partial charge in [-0.25, -0.2) is 0 Å². The van der Waals surface area contributed by atoms with Crippen LogP contribution in [-0.2, 0) is 16.6 Å². The van der Waals surface area contributed by atoms with E-state index in [0.717, 1.165) is 18.5 Å². The molecule has 1 saturated carbocycles. The quantitative estimate of drug-likeness (QED) is 0.843. The van der Waals surface area contributed by atoms with Crippen LogP contribution in [0.5, 0.6) is 0 Å². The summed E-state index contributed by atoms with van der Waals surface area (Å²) in [5, 5.41) is 14.2. The Hall–Kier alpha value is -2.38. The minimum absolute atomic E-state index is 0.0804. The van der Waals surface area contributed by atoms with Gasteiger partial charge in [-0.05, 0) is 26.7 Å². The van der Waals surface area contributed by atoms with Crippen LogP contribution in [0.1, 0.15) is 34.6 Å². The lowest BCUT2D eigenvalue weighted by Gasteiger charge is -2.25. The van der Waals surface area contributed by atoms with Gasteiger partial charge in [-0.1, -0.05) is 0 Å². The summed E-state index contributed by atoms with van der Waals surface area (Å²) in [5.41, 5.74) is 0.935. The van der Waals surface area contributed by atoms with Crippen LogP contribution in [-0.4, -0.2) is 68.6 Å². The van der Waals surface area contributed by atoms with Crippen LogP contribution < -0.4 is 0 Å². The van der Waals surface area contributed by atoms with Gasteiger partial charge in [0.2, 0.25) is 5.91 Å². The second-order valence-corrected chi connectivity index (χ2v) is 8.01. The number of likely N-dealkylation sites (tertiary alicyclic amines) is 2. The van der Waals surface area contributed by atoms with E-state index < -0.39 is 11.4 Å². The zero-order valence-corrected chi connectivity index (χ0v) is 15.4. The van der Waals surface area contributed by atoms with Crippen LogP contribution in [0.25, 0.3) is 0 Å². The first-order valence-electron chi connectivity index (χ1n) is 9.06. The van der Waals surface area contributed by atoms with Gasteiger partial charge in [-0.2, -0.15) is 5.10 Å². The molecule has 140 valence electrons. The molecular weight excluding hydrogens is 336 g/mol. The number of aliphatic carboxylic acids is 1. The van der Waals surface area contributed by atoms with Crippen molar-refractivity contribution >= 4 is 17.8 Å². The van der Waals surface area contributed by atoms with E-state index in [-0.39, 0.29) is 36.7 Å². The predicted octanol–water partition coefficient (Wildman–Crippen LogP) is 0.432. The van der Waals surface area contributed by atoms with Crippen molar-refractivity contribution < 1.29 is 19.5 Å². The Bertz CT molecular complexity index is 812. The zero-order chi connectivity index (χ0) is 18.8. The Kier molecular flexibility index (Phi) is 3.65. The maximum absolute atomic E-state index is 13.0. The highest BCUT2D eigenvalue weighted by molar-refractivity contribution is 5.97. The van der Waals surface area contributed by atoms with Crippen molar-refractivity contribution in [3.63, 3.8) is 0 Å². The highest BCUT2D eigenvalue weighted by atomic mass is 16.4. The summed E-state index contributed by atoms with van der Waals surface area (Å²) in [7, 11) is 1.79. The van der Waals surface area contributed by atoms with Crippen molar-refractivity contribution in [1.29, 1.82) is 0 Å². The minimum Gasteiger partial charge on any atom is -0.481 e. The molecule has 0 bridgehead atoms. The molecule has 1 aliphatic carbocycles. The second kappa shape index (κ2) is 5.56. The number of amides is 2. The maximum atomic E-state index is 13.0. The first kappa shape index (κ1) is 17.1. The largest absolute Gasteiger partial charge is 0.481 e. The molecule has 2 amide bonds. The highest BCUT2D eigenvalue weighted by Gasteiger charge is 2.60. The van der Waals surface area contributed by atoms with Gasteiger partial charge in [0.15, 0.2) is 0 Å². The van der Waals surface area contributed by atoms with E-state index in [1.807, 2.05) is 6.92 Å². The third-order valence-corrected chi connectivity index (χ3v) is 6.28. The third-order valence-electron chi connectivity index (χ3n) is 6.28. The fourth-order valence-corrected chi connectivity index (χ4v) is 4.52. The van der Waals surface area contributed by atoms with Gasteiger partial charge < -0.3 is 14.9 Å².